The highest BCUT2D eigenvalue weighted by molar-refractivity contribution is 7.90. The Morgan fingerprint density at radius 2 is 1.89 bits per heavy atom. The first-order chi connectivity index (χ1) is 8.96. The van der Waals surface area contributed by atoms with Crippen molar-refractivity contribution in [3.63, 3.8) is 0 Å². The Kier molecular flexibility index (Phi) is 4.63. The number of ketones is 1. The topological polar surface area (TPSA) is 51.2 Å². The van der Waals surface area contributed by atoms with Gasteiger partial charge in [-0.3, -0.25) is 4.79 Å². The molecule has 104 valence electrons. The van der Waals surface area contributed by atoms with E-state index in [1.54, 1.807) is 24.3 Å². The summed E-state index contributed by atoms with van der Waals surface area (Å²) >= 11 is 5.76. The number of hydrogen-bond donors (Lipinski definition) is 0. The Morgan fingerprint density at radius 1 is 1.21 bits per heavy atom. The van der Waals surface area contributed by atoms with Crippen LogP contribution in [-0.4, -0.2) is 20.0 Å². The van der Waals surface area contributed by atoms with E-state index in [0.29, 0.717) is 17.9 Å². The number of rotatable bonds is 5. The Labute approximate surface area is 118 Å². The van der Waals surface area contributed by atoms with Crippen LogP contribution in [0.5, 0.6) is 0 Å². The highest BCUT2D eigenvalue weighted by Crippen LogP contribution is 2.25. The van der Waals surface area contributed by atoms with Crippen molar-refractivity contribution in [2.45, 2.75) is 31.4 Å². The van der Waals surface area contributed by atoms with E-state index in [1.807, 2.05) is 0 Å². The van der Waals surface area contributed by atoms with Gasteiger partial charge in [-0.2, -0.15) is 0 Å². The second kappa shape index (κ2) is 6.06. The average molecular weight is 301 g/mol. The molecule has 1 aliphatic carbocycles. The van der Waals surface area contributed by atoms with E-state index < -0.39 is 9.84 Å². The number of Topliss-reactive ketones (excluding diaryl/α,β-unsaturated/α-hetero) is 1. The normalized spacial score (nSPS) is 19.8. The predicted octanol–water partition coefficient (Wildman–Crippen LogP) is 3.01. The summed E-state index contributed by atoms with van der Waals surface area (Å²) in [6, 6.07) is 6.82. The van der Waals surface area contributed by atoms with Crippen molar-refractivity contribution in [2.75, 3.05) is 5.75 Å². The molecule has 1 aromatic rings. The van der Waals surface area contributed by atoms with Gasteiger partial charge in [-0.15, -0.1) is 0 Å². The fourth-order valence-corrected chi connectivity index (χ4v) is 4.04. The molecule has 1 atom stereocenters. The van der Waals surface area contributed by atoms with Gasteiger partial charge in [0.15, 0.2) is 9.84 Å². The smallest absolute Gasteiger partial charge is 0.154 e. The third kappa shape index (κ3) is 4.32. The highest BCUT2D eigenvalue weighted by atomic mass is 35.5. The van der Waals surface area contributed by atoms with Crippen LogP contribution in [0.25, 0.3) is 0 Å². The average Bonchev–Trinajstić information content (AvgIpc) is 2.75. The van der Waals surface area contributed by atoms with Crippen molar-refractivity contribution < 1.29 is 13.2 Å². The summed E-state index contributed by atoms with van der Waals surface area (Å²) in [4.78, 5) is 11.5. The molecule has 0 aliphatic heterocycles. The molecule has 0 bridgehead atoms. The first-order valence-corrected chi connectivity index (χ1v) is 8.64. The minimum Gasteiger partial charge on any atom is -0.299 e. The Bertz CT molecular complexity index is 549. The number of carbonyl (C=O) groups excluding carboxylic acids is 1. The molecule has 1 aromatic carbocycles. The van der Waals surface area contributed by atoms with Gasteiger partial charge in [-0.05, 0) is 37.0 Å². The zero-order chi connectivity index (χ0) is 13.9. The van der Waals surface area contributed by atoms with Crippen LogP contribution in [0.2, 0.25) is 5.02 Å². The summed E-state index contributed by atoms with van der Waals surface area (Å²) in [5.41, 5.74) is 0.738. The fraction of sp³-hybridized carbons (Fsp3) is 0.500. The van der Waals surface area contributed by atoms with Gasteiger partial charge in [0.25, 0.3) is 0 Å². The second-order valence-electron chi connectivity index (χ2n) is 5.06. The zero-order valence-corrected chi connectivity index (χ0v) is 12.2. The Hall–Kier alpha value is -0.870. The molecule has 3 nitrogen and oxygen atoms in total. The van der Waals surface area contributed by atoms with E-state index in [-0.39, 0.29) is 23.2 Å². The molecule has 0 spiro atoms. The van der Waals surface area contributed by atoms with Crippen LogP contribution in [0.3, 0.4) is 0 Å². The quantitative estimate of drug-likeness (QED) is 0.840. The third-order valence-corrected chi connectivity index (χ3v) is 5.39. The van der Waals surface area contributed by atoms with E-state index in [2.05, 4.69) is 0 Å². The molecule has 1 unspecified atom stereocenters. The summed E-state index contributed by atoms with van der Waals surface area (Å²) in [6.45, 7) is 0. The van der Waals surface area contributed by atoms with Gasteiger partial charge >= 0.3 is 0 Å². The summed E-state index contributed by atoms with van der Waals surface area (Å²) in [5.74, 6) is 0.290. The van der Waals surface area contributed by atoms with Crippen LogP contribution in [-0.2, 0) is 20.4 Å². The SMILES string of the molecule is O=C1CCCC1CCS(=O)(=O)Cc1ccc(Cl)cc1. The first kappa shape index (κ1) is 14.5. The number of hydrogen-bond acceptors (Lipinski definition) is 3. The standard InChI is InChI=1S/C14H17ClO3S/c15-13-6-4-11(5-7-13)10-19(17,18)9-8-12-2-1-3-14(12)16/h4-7,12H,1-3,8-10H2. The molecule has 1 saturated carbocycles. The van der Waals surface area contributed by atoms with Gasteiger partial charge in [0.1, 0.15) is 5.78 Å². The molecule has 1 fully saturated rings. The molecule has 0 radical (unpaired) electrons. The van der Waals surface area contributed by atoms with E-state index in [9.17, 15) is 13.2 Å². The molecule has 5 heteroatoms. The molecule has 0 saturated heterocycles. The van der Waals surface area contributed by atoms with E-state index in [1.165, 1.54) is 0 Å². The molecule has 0 N–H and O–H groups in total. The van der Waals surface area contributed by atoms with Crippen LogP contribution in [0, 0.1) is 5.92 Å². The summed E-state index contributed by atoms with van der Waals surface area (Å²) < 4.78 is 24.0. The number of halogens is 1. The first-order valence-electron chi connectivity index (χ1n) is 6.44. The van der Waals surface area contributed by atoms with E-state index in [4.69, 9.17) is 11.6 Å². The molecule has 19 heavy (non-hydrogen) atoms. The van der Waals surface area contributed by atoms with Crippen LogP contribution in [0.15, 0.2) is 24.3 Å². The maximum atomic E-state index is 12.0. The minimum absolute atomic E-state index is 0.0189. The lowest BCUT2D eigenvalue weighted by atomic mass is 10.1. The van der Waals surface area contributed by atoms with E-state index >= 15 is 0 Å². The number of benzene rings is 1. The predicted molar refractivity (Wildman–Crippen MR) is 75.9 cm³/mol. The van der Waals surface area contributed by atoms with Crippen molar-refractivity contribution >= 4 is 27.2 Å². The van der Waals surface area contributed by atoms with Crippen LogP contribution in [0.4, 0.5) is 0 Å². The lowest BCUT2D eigenvalue weighted by Crippen LogP contribution is -2.15. The monoisotopic (exact) mass is 300 g/mol. The van der Waals surface area contributed by atoms with Gasteiger partial charge < -0.3 is 0 Å². The molecular weight excluding hydrogens is 284 g/mol. The summed E-state index contributed by atoms with van der Waals surface area (Å²) in [6.07, 6.45) is 2.83. The van der Waals surface area contributed by atoms with Gasteiger partial charge in [0, 0.05) is 17.4 Å². The molecule has 0 heterocycles. The van der Waals surface area contributed by atoms with E-state index in [0.717, 1.165) is 18.4 Å². The number of carbonyl (C=O) groups is 1. The molecule has 0 aromatic heterocycles. The molecule has 1 aliphatic rings. The Morgan fingerprint density at radius 3 is 2.47 bits per heavy atom. The molecule has 2 rings (SSSR count). The fourth-order valence-electron chi connectivity index (χ4n) is 2.42. The van der Waals surface area contributed by atoms with Gasteiger partial charge in [0.2, 0.25) is 0 Å². The van der Waals surface area contributed by atoms with Crippen molar-refractivity contribution in [3.8, 4) is 0 Å². The lowest BCUT2D eigenvalue weighted by Gasteiger charge is -2.08. The van der Waals surface area contributed by atoms with Crippen molar-refractivity contribution in [1.82, 2.24) is 0 Å². The maximum absolute atomic E-state index is 12.0. The summed E-state index contributed by atoms with van der Waals surface area (Å²) in [5, 5.41) is 0.595. The van der Waals surface area contributed by atoms with Gasteiger partial charge in [0.05, 0.1) is 11.5 Å². The largest absolute Gasteiger partial charge is 0.299 e. The minimum atomic E-state index is -3.15. The maximum Gasteiger partial charge on any atom is 0.154 e. The third-order valence-electron chi connectivity index (χ3n) is 3.51. The second-order valence-corrected chi connectivity index (χ2v) is 7.68. The lowest BCUT2D eigenvalue weighted by molar-refractivity contribution is -0.120. The van der Waals surface area contributed by atoms with Crippen LogP contribution in [0.1, 0.15) is 31.2 Å². The van der Waals surface area contributed by atoms with Crippen LogP contribution >= 0.6 is 11.6 Å². The number of sulfone groups is 1. The highest BCUT2D eigenvalue weighted by Gasteiger charge is 2.26. The van der Waals surface area contributed by atoms with Gasteiger partial charge in [-0.1, -0.05) is 23.7 Å². The van der Waals surface area contributed by atoms with Gasteiger partial charge in [-0.25, -0.2) is 8.42 Å². The molecular formula is C14H17ClO3S. The van der Waals surface area contributed by atoms with Crippen molar-refractivity contribution in [3.05, 3.63) is 34.9 Å². The van der Waals surface area contributed by atoms with Crippen LogP contribution < -0.4 is 0 Å². The summed E-state index contributed by atoms with van der Waals surface area (Å²) in [7, 11) is -3.15. The zero-order valence-electron chi connectivity index (χ0n) is 10.6. The van der Waals surface area contributed by atoms with Crippen molar-refractivity contribution in [1.29, 1.82) is 0 Å². The van der Waals surface area contributed by atoms with Crippen molar-refractivity contribution in [2.24, 2.45) is 5.92 Å². The Balaban J connectivity index is 1.91. The molecule has 0 amide bonds.